The largest absolute Gasteiger partial charge is 0.487 e. The molecule has 0 unspecified atom stereocenters. The van der Waals surface area contributed by atoms with Crippen molar-refractivity contribution >= 4 is 17.5 Å². The Labute approximate surface area is 199 Å². The van der Waals surface area contributed by atoms with Gasteiger partial charge in [0.25, 0.3) is 0 Å². The van der Waals surface area contributed by atoms with Crippen LogP contribution in [0.4, 0.5) is 5.69 Å². The second kappa shape index (κ2) is 9.76. The zero-order chi connectivity index (χ0) is 23.7. The predicted octanol–water partition coefficient (Wildman–Crippen LogP) is 3.69. The monoisotopic (exact) mass is 464 g/mol. The summed E-state index contributed by atoms with van der Waals surface area (Å²) in [5.74, 6) is 0.841. The van der Waals surface area contributed by atoms with Gasteiger partial charge in [-0.15, -0.1) is 0 Å². The molecule has 0 radical (unpaired) electrons. The number of anilines is 1. The van der Waals surface area contributed by atoms with Gasteiger partial charge in [0.2, 0.25) is 11.8 Å². The molecule has 180 valence electrons. The molecule has 0 spiro atoms. The Bertz CT molecular complexity index is 1040. The second-order valence-corrected chi connectivity index (χ2v) is 9.68. The minimum atomic E-state index is -0.511. The number of carbonyl (C=O) groups is 2. The summed E-state index contributed by atoms with van der Waals surface area (Å²) in [6.45, 7) is 1.78. The maximum absolute atomic E-state index is 12.8. The maximum Gasteiger partial charge on any atom is 0.227 e. The third-order valence-electron chi connectivity index (χ3n) is 7.33. The number of hydrogen-bond donors (Lipinski definition) is 3. The van der Waals surface area contributed by atoms with E-state index in [9.17, 15) is 14.7 Å². The zero-order valence-corrected chi connectivity index (χ0v) is 19.4. The molecule has 0 aromatic heterocycles. The molecule has 2 heterocycles. The van der Waals surface area contributed by atoms with Crippen LogP contribution in [0.5, 0.6) is 5.75 Å². The van der Waals surface area contributed by atoms with Gasteiger partial charge < -0.3 is 25.2 Å². The van der Waals surface area contributed by atoms with E-state index in [1.54, 1.807) is 0 Å². The van der Waals surface area contributed by atoms with Crippen LogP contribution in [0.25, 0.3) is 0 Å². The fourth-order valence-corrected chi connectivity index (χ4v) is 5.21. The first-order valence-corrected chi connectivity index (χ1v) is 12.2. The van der Waals surface area contributed by atoms with E-state index in [2.05, 4.69) is 10.6 Å². The van der Waals surface area contributed by atoms with Gasteiger partial charge in [-0.1, -0.05) is 36.8 Å². The highest BCUT2D eigenvalue weighted by atomic mass is 16.6. The molecule has 2 aromatic carbocycles. The van der Waals surface area contributed by atoms with Crippen LogP contribution >= 0.6 is 0 Å². The van der Waals surface area contributed by atoms with E-state index >= 15 is 0 Å². The van der Waals surface area contributed by atoms with Crippen molar-refractivity contribution in [2.45, 2.75) is 69.3 Å². The van der Waals surface area contributed by atoms with Gasteiger partial charge in [0.1, 0.15) is 18.0 Å². The minimum absolute atomic E-state index is 0.00852. The SMILES string of the molecule is C[C@@H](NC(=O)C[C@H]1C[C@@H]2c3cc(NC(=O)C4CCC4)ccc3O[C@@H]2[C@@H](CO)O1)c1ccccc1. The van der Waals surface area contributed by atoms with Gasteiger partial charge in [0.05, 0.1) is 25.2 Å². The van der Waals surface area contributed by atoms with E-state index in [1.807, 2.05) is 55.5 Å². The molecule has 3 N–H and O–H groups in total. The molecule has 0 bridgehead atoms. The molecule has 1 saturated carbocycles. The summed E-state index contributed by atoms with van der Waals surface area (Å²) in [7, 11) is 0. The Morgan fingerprint density at radius 1 is 1.15 bits per heavy atom. The maximum atomic E-state index is 12.8. The van der Waals surface area contributed by atoms with E-state index in [-0.39, 0.29) is 54.9 Å². The molecule has 7 nitrogen and oxygen atoms in total. The van der Waals surface area contributed by atoms with Gasteiger partial charge in [-0.3, -0.25) is 9.59 Å². The van der Waals surface area contributed by atoms with Crippen LogP contribution in [0.15, 0.2) is 48.5 Å². The van der Waals surface area contributed by atoms with Crippen molar-refractivity contribution in [2.24, 2.45) is 5.92 Å². The minimum Gasteiger partial charge on any atom is -0.487 e. The third-order valence-corrected chi connectivity index (χ3v) is 7.33. The van der Waals surface area contributed by atoms with Crippen molar-refractivity contribution in [1.82, 2.24) is 5.32 Å². The van der Waals surface area contributed by atoms with Crippen molar-refractivity contribution in [3.63, 3.8) is 0 Å². The molecule has 2 fully saturated rings. The molecule has 34 heavy (non-hydrogen) atoms. The fourth-order valence-electron chi connectivity index (χ4n) is 5.21. The first kappa shape index (κ1) is 22.9. The summed E-state index contributed by atoms with van der Waals surface area (Å²) >= 11 is 0. The Kier molecular flexibility index (Phi) is 6.57. The standard InChI is InChI=1S/C27H32N2O5/c1-16(17-6-3-2-4-7-17)28-25(31)14-20-13-22-21-12-19(29-27(32)18-8-5-9-18)10-11-23(21)34-26(22)24(15-30)33-20/h2-4,6-7,10-12,16,18,20,22,24,26,30H,5,8-9,13-15H2,1H3,(H,28,31)(H,29,32)/t16-,20-,22-,24-,26+/m1/s1. The van der Waals surface area contributed by atoms with E-state index in [1.165, 1.54) is 0 Å². The van der Waals surface area contributed by atoms with Crippen LogP contribution in [0.3, 0.4) is 0 Å². The average molecular weight is 465 g/mol. The number of aliphatic hydroxyl groups is 1. The topological polar surface area (TPSA) is 96.9 Å². The molecule has 5 atom stereocenters. The van der Waals surface area contributed by atoms with Crippen LogP contribution in [-0.4, -0.2) is 41.8 Å². The number of benzene rings is 2. The molecule has 7 heteroatoms. The predicted molar refractivity (Wildman–Crippen MR) is 128 cm³/mol. The van der Waals surface area contributed by atoms with Crippen molar-refractivity contribution in [2.75, 3.05) is 11.9 Å². The number of carbonyl (C=O) groups excluding carboxylic acids is 2. The number of ether oxygens (including phenoxy) is 2. The van der Waals surface area contributed by atoms with Gasteiger partial charge in [-0.2, -0.15) is 0 Å². The lowest BCUT2D eigenvalue weighted by Crippen LogP contribution is -2.47. The smallest absolute Gasteiger partial charge is 0.227 e. The van der Waals surface area contributed by atoms with Crippen molar-refractivity contribution < 1.29 is 24.2 Å². The number of nitrogens with one attached hydrogen (secondary N) is 2. The lowest BCUT2D eigenvalue weighted by Gasteiger charge is -2.37. The quantitative estimate of drug-likeness (QED) is 0.581. The normalized spacial score (nSPS) is 26.4. The molecule has 5 rings (SSSR count). The van der Waals surface area contributed by atoms with Gasteiger partial charge in [-0.05, 0) is 49.9 Å². The van der Waals surface area contributed by atoms with E-state index in [0.717, 1.165) is 41.8 Å². The number of amides is 2. The van der Waals surface area contributed by atoms with Crippen LogP contribution in [0, 0.1) is 5.92 Å². The van der Waals surface area contributed by atoms with Crippen LogP contribution < -0.4 is 15.4 Å². The average Bonchev–Trinajstić information content (AvgIpc) is 3.16. The Morgan fingerprint density at radius 3 is 2.65 bits per heavy atom. The van der Waals surface area contributed by atoms with Crippen LogP contribution in [0.1, 0.15) is 62.1 Å². The summed E-state index contributed by atoms with van der Waals surface area (Å²) in [5.41, 5.74) is 2.81. The summed E-state index contributed by atoms with van der Waals surface area (Å²) in [6.07, 6.45) is 2.69. The molecule has 1 saturated heterocycles. The van der Waals surface area contributed by atoms with E-state index < -0.39 is 6.10 Å². The molecule has 2 aromatic rings. The third kappa shape index (κ3) is 4.68. The molecule has 2 aliphatic heterocycles. The van der Waals surface area contributed by atoms with Crippen molar-refractivity contribution in [3.8, 4) is 5.75 Å². The van der Waals surface area contributed by atoms with Crippen molar-refractivity contribution in [1.29, 1.82) is 0 Å². The van der Waals surface area contributed by atoms with E-state index in [4.69, 9.17) is 9.47 Å². The zero-order valence-electron chi connectivity index (χ0n) is 19.4. The fraction of sp³-hybridized carbons (Fsp3) is 0.481. The first-order valence-electron chi connectivity index (χ1n) is 12.2. The second-order valence-electron chi connectivity index (χ2n) is 9.68. The van der Waals surface area contributed by atoms with Crippen LogP contribution in [-0.2, 0) is 14.3 Å². The molecule has 3 aliphatic rings. The lowest BCUT2D eigenvalue weighted by atomic mass is 9.83. The number of fused-ring (bicyclic) bond motifs is 3. The van der Waals surface area contributed by atoms with Gasteiger partial charge >= 0.3 is 0 Å². The Balaban J connectivity index is 1.26. The molecule has 1 aliphatic carbocycles. The van der Waals surface area contributed by atoms with Gasteiger partial charge in [-0.25, -0.2) is 0 Å². The summed E-state index contributed by atoms with van der Waals surface area (Å²) in [6, 6.07) is 15.4. The number of rotatable bonds is 7. The molecular formula is C27H32N2O5. The highest BCUT2D eigenvalue weighted by molar-refractivity contribution is 5.93. The number of hydrogen-bond acceptors (Lipinski definition) is 5. The van der Waals surface area contributed by atoms with Gasteiger partial charge in [0.15, 0.2) is 0 Å². The lowest BCUT2D eigenvalue weighted by molar-refractivity contribution is -0.142. The molecular weight excluding hydrogens is 432 g/mol. The highest BCUT2D eigenvalue weighted by Crippen LogP contribution is 2.47. The Morgan fingerprint density at radius 2 is 1.94 bits per heavy atom. The summed E-state index contributed by atoms with van der Waals surface area (Å²) in [5, 5.41) is 16.1. The van der Waals surface area contributed by atoms with Crippen LogP contribution in [0.2, 0.25) is 0 Å². The highest BCUT2D eigenvalue weighted by Gasteiger charge is 2.46. The first-order chi connectivity index (χ1) is 16.5. The summed E-state index contributed by atoms with van der Waals surface area (Å²) in [4.78, 5) is 25.2. The van der Waals surface area contributed by atoms with E-state index in [0.29, 0.717) is 6.42 Å². The van der Waals surface area contributed by atoms with Crippen molar-refractivity contribution in [3.05, 3.63) is 59.7 Å². The summed E-state index contributed by atoms with van der Waals surface area (Å²) < 4.78 is 12.2. The van der Waals surface area contributed by atoms with Gasteiger partial charge in [0, 0.05) is 23.1 Å². The Hall–Kier alpha value is -2.90. The number of aliphatic hydroxyl groups excluding tert-OH is 1. The molecule has 2 amide bonds.